The first-order valence-electron chi connectivity index (χ1n) is 23.6. The number of fused-ring (bicyclic) bond motifs is 5. The van der Waals surface area contributed by atoms with Gasteiger partial charge >= 0.3 is 5.97 Å². The standard InChI is InChI=1S/C47H78N2O11/c1-8-37-41(54)40(53)30(5)49(22-10-13-35(51)42(27(2)24-28(3)43(55)59-37)60-38-14-9-12-29(4)58-38)23-11-21-48-44(56)47(57)20-18-34-33-16-15-31-25-32(50)17-19-45(31,6)39(33)36(52)26-46(34,47)7/h25,27-30,33-42,51-54,57H,8-24,26H2,1-7H3,(H,48,56)/t27-,28+,29?,30+,33?,34?,35+,36-,37+,38?,39?,40+,41+,42?,45-,46-,47-/m0/s1. The molecular formula is C47H78N2O11. The third-order valence-corrected chi connectivity index (χ3v) is 16.6. The Morgan fingerprint density at radius 3 is 2.42 bits per heavy atom. The van der Waals surface area contributed by atoms with Crippen molar-refractivity contribution >= 4 is 17.7 Å². The number of carbonyl (C=O) groups excluding carboxylic acids is 3. The predicted octanol–water partition coefficient (Wildman–Crippen LogP) is 4.58. The average molecular weight is 847 g/mol. The summed E-state index contributed by atoms with van der Waals surface area (Å²) >= 11 is 0. The van der Waals surface area contributed by atoms with Crippen LogP contribution in [0.15, 0.2) is 11.6 Å². The monoisotopic (exact) mass is 847 g/mol. The Hall–Kier alpha value is -1.97. The van der Waals surface area contributed by atoms with Crippen LogP contribution in [0, 0.1) is 40.4 Å². The number of hydrogen-bond donors (Lipinski definition) is 6. The molecule has 2 aliphatic heterocycles. The summed E-state index contributed by atoms with van der Waals surface area (Å²) < 4.78 is 18.4. The Labute approximate surface area is 358 Å². The van der Waals surface area contributed by atoms with E-state index in [0.29, 0.717) is 70.9 Å². The second kappa shape index (κ2) is 19.4. The highest BCUT2D eigenvalue weighted by Gasteiger charge is 2.68. The Morgan fingerprint density at radius 1 is 0.950 bits per heavy atom. The third kappa shape index (κ3) is 9.45. The van der Waals surface area contributed by atoms with Crippen LogP contribution in [0.2, 0.25) is 0 Å². The van der Waals surface area contributed by atoms with E-state index in [4.69, 9.17) is 14.2 Å². The predicted molar refractivity (Wildman–Crippen MR) is 225 cm³/mol. The number of esters is 1. The van der Waals surface area contributed by atoms with Crippen LogP contribution in [0.25, 0.3) is 0 Å². The van der Waals surface area contributed by atoms with Gasteiger partial charge in [0, 0.05) is 31.0 Å². The topological polar surface area (TPSA) is 195 Å². The van der Waals surface area contributed by atoms with Crippen molar-refractivity contribution in [1.29, 1.82) is 0 Å². The van der Waals surface area contributed by atoms with Gasteiger partial charge in [0.15, 0.2) is 12.1 Å². The van der Waals surface area contributed by atoms with Gasteiger partial charge in [0.25, 0.3) is 5.91 Å². The lowest BCUT2D eigenvalue weighted by molar-refractivity contribution is -0.236. The van der Waals surface area contributed by atoms with E-state index in [2.05, 4.69) is 12.2 Å². The Bertz CT molecular complexity index is 1540. The summed E-state index contributed by atoms with van der Waals surface area (Å²) in [4.78, 5) is 41.8. The molecular weight excluding hydrogens is 769 g/mol. The van der Waals surface area contributed by atoms with Crippen LogP contribution >= 0.6 is 0 Å². The first kappa shape index (κ1) is 47.5. The third-order valence-electron chi connectivity index (χ3n) is 16.6. The van der Waals surface area contributed by atoms with Gasteiger partial charge in [-0.15, -0.1) is 0 Å². The molecule has 17 atom stereocenters. The number of amides is 1. The Kier molecular flexibility index (Phi) is 15.4. The largest absolute Gasteiger partial charge is 0.459 e. The second-order valence-electron chi connectivity index (χ2n) is 20.5. The maximum absolute atomic E-state index is 14.1. The first-order chi connectivity index (χ1) is 28.3. The number of ether oxygens (including phenoxy) is 3. The molecule has 13 nitrogen and oxygen atoms in total. The lowest BCUT2D eigenvalue weighted by Gasteiger charge is -2.60. The molecule has 0 aromatic rings. The molecule has 3 saturated carbocycles. The van der Waals surface area contributed by atoms with Crippen LogP contribution in [0.5, 0.6) is 0 Å². The van der Waals surface area contributed by atoms with Gasteiger partial charge in [0.05, 0.1) is 36.4 Å². The average Bonchev–Trinajstić information content (AvgIpc) is 3.48. The molecule has 0 aromatic heterocycles. The van der Waals surface area contributed by atoms with E-state index < -0.39 is 77.8 Å². The molecule has 0 spiro atoms. The fourth-order valence-electron chi connectivity index (χ4n) is 12.9. The van der Waals surface area contributed by atoms with Crippen LogP contribution in [0.4, 0.5) is 0 Å². The minimum Gasteiger partial charge on any atom is -0.459 e. The van der Waals surface area contributed by atoms with Crippen LogP contribution < -0.4 is 5.32 Å². The number of rotatable bonds is 8. The Morgan fingerprint density at radius 2 is 1.70 bits per heavy atom. The van der Waals surface area contributed by atoms with Crippen LogP contribution in [0.3, 0.4) is 0 Å². The van der Waals surface area contributed by atoms with E-state index in [1.54, 1.807) is 6.92 Å². The normalized spacial score (nSPS) is 46.2. The number of hydrogen-bond acceptors (Lipinski definition) is 12. The molecule has 2 heterocycles. The number of ketones is 1. The van der Waals surface area contributed by atoms with E-state index in [1.165, 1.54) is 0 Å². The fourth-order valence-corrected chi connectivity index (χ4v) is 12.9. The molecule has 5 fully saturated rings. The van der Waals surface area contributed by atoms with Gasteiger partial charge in [-0.1, -0.05) is 40.2 Å². The minimum atomic E-state index is -1.64. The molecule has 0 bridgehead atoms. The molecule has 60 heavy (non-hydrogen) atoms. The number of aliphatic hydroxyl groups is 5. The zero-order valence-corrected chi connectivity index (χ0v) is 37.5. The SMILES string of the molecule is CC[C@H]1OC(=O)[C@H](C)C[C@H](C)C(OC2CCCC(C)O2)[C@H](O)CCCN(CCCNC(=O)[C@@]2(O)CCC3C4CCC5=CC(=O)CC[C@]5(C)C4[C@@H](O)C[C@@]32C)[C@H](C)[C@@H](O)[C@@H]1O. The minimum absolute atomic E-state index is 0.0101. The highest BCUT2D eigenvalue weighted by atomic mass is 16.7. The summed E-state index contributed by atoms with van der Waals surface area (Å²) in [5.74, 6) is -1.25. The summed E-state index contributed by atoms with van der Waals surface area (Å²) in [5, 5.41) is 61.7. The molecule has 342 valence electrons. The maximum atomic E-state index is 14.1. The van der Waals surface area contributed by atoms with Crippen molar-refractivity contribution in [1.82, 2.24) is 10.2 Å². The summed E-state index contributed by atoms with van der Waals surface area (Å²) in [6.07, 6.45) is 4.85. The molecule has 6 N–H and O–H groups in total. The maximum Gasteiger partial charge on any atom is 0.309 e. The van der Waals surface area contributed by atoms with Crippen molar-refractivity contribution < 1.29 is 54.1 Å². The summed E-state index contributed by atoms with van der Waals surface area (Å²) in [7, 11) is 0. The number of allylic oxidation sites excluding steroid dienone is 1. The van der Waals surface area contributed by atoms with Gasteiger partial charge in [-0.25, -0.2) is 0 Å². The van der Waals surface area contributed by atoms with Crippen molar-refractivity contribution in [3.63, 3.8) is 0 Å². The van der Waals surface area contributed by atoms with E-state index >= 15 is 0 Å². The van der Waals surface area contributed by atoms with E-state index in [0.717, 1.165) is 44.1 Å². The zero-order chi connectivity index (χ0) is 43.7. The van der Waals surface area contributed by atoms with Gasteiger partial charge in [-0.05, 0) is 145 Å². The van der Waals surface area contributed by atoms with E-state index in [-0.39, 0.29) is 47.5 Å². The van der Waals surface area contributed by atoms with Crippen LogP contribution in [0.1, 0.15) is 145 Å². The van der Waals surface area contributed by atoms with Crippen molar-refractivity contribution in [3.8, 4) is 0 Å². The molecule has 2 saturated heterocycles. The molecule has 6 aliphatic rings. The molecule has 0 radical (unpaired) electrons. The van der Waals surface area contributed by atoms with Gasteiger partial charge in [0.2, 0.25) is 0 Å². The molecule has 6 unspecified atom stereocenters. The van der Waals surface area contributed by atoms with Gasteiger partial charge in [0.1, 0.15) is 17.8 Å². The summed E-state index contributed by atoms with van der Waals surface area (Å²) in [6.45, 7) is 14.8. The zero-order valence-electron chi connectivity index (χ0n) is 37.5. The smallest absolute Gasteiger partial charge is 0.309 e. The summed E-state index contributed by atoms with van der Waals surface area (Å²) in [6, 6.07) is -0.559. The molecule has 4 aliphatic carbocycles. The number of aliphatic hydroxyl groups excluding tert-OH is 4. The molecule has 1 amide bonds. The lowest BCUT2D eigenvalue weighted by Crippen LogP contribution is -2.63. The van der Waals surface area contributed by atoms with Crippen molar-refractivity contribution in [2.45, 2.75) is 205 Å². The van der Waals surface area contributed by atoms with Crippen molar-refractivity contribution in [3.05, 3.63) is 11.6 Å². The first-order valence-corrected chi connectivity index (χ1v) is 23.6. The Balaban J connectivity index is 1.11. The van der Waals surface area contributed by atoms with Crippen molar-refractivity contribution in [2.75, 3.05) is 19.6 Å². The summed E-state index contributed by atoms with van der Waals surface area (Å²) in [5.41, 5.74) is -1.55. The number of nitrogens with one attached hydrogen (secondary N) is 1. The van der Waals surface area contributed by atoms with E-state index in [9.17, 15) is 39.9 Å². The number of cyclic esters (lactones) is 1. The molecule has 6 rings (SSSR count). The van der Waals surface area contributed by atoms with Gasteiger partial charge < -0.3 is 45.1 Å². The number of carbonyl (C=O) groups is 3. The fraction of sp³-hybridized carbons (Fsp3) is 0.894. The molecule has 0 aromatic carbocycles. The highest BCUT2D eigenvalue weighted by molar-refractivity contribution is 5.91. The van der Waals surface area contributed by atoms with Crippen LogP contribution in [-0.4, -0.2) is 128 Å². The van der Waals surface area contributed by atoms with Gasteiger partial charge in [-0.2, -0.15) is 0 Å². The van der Waals surface area contributed by atoms with Crippen molar-refractivity contribution in [2.24, 2.45) is 40.4 Å². The van der Waals surface area contributed by atoms with Gasteiger partial charge in [-0.3, -0.25) is 19.3 Å². The van der Waals surface area contributed by atoms with Crippen LogP contribution in [-0.2, 0) is 28.6 Å². The quantitative estimate of drug-likeness (QED) is 0.147. The van der Waals surface area contributed by atoms with E-state index in [1.807, 2.05) is 45.6 Å². The highest BCUT2D eigenvalue weighted by Crippen LogP contribution is 2.67. The lowest BCUT2D eigenvalue weighted by atomic mass is 9.45. The second-order valence-corrected chi connectivity index (χ2v) is 20.5. The number of nitrogens with zero attached hydrogens (tertiary/aromatic N) is 1. The molecule has 13 heteroatoms.